The molecule has 1 aliphatic rings. The second-order valence-corrected chi connectivity index (χ2v) is 5.99. The summed E-state index contributed by atoms with van der Waals surface area (Å²) in [7, 11) is 0. The standard InChI is InChI=1S/C15H15F2NS/c16-9-4-5-13(17)12(8-9)15(18)11-2-1-3-14-10(11)6-7-19-14/h4-8,11,15H,1-3,18H2. The summed E-state index contributed by atoms with van der Waals surface area (Å²) in [4.78, 5) is 1.34. The number of fused-ring (bicyclic) bond motifs is 1. The summed E-state index contributed by atoms with van der Waals surface area (Å²) in [5, 5.41) is 2.05. The second kappa shape index (κ2) is 5.02. The van der Waals surface area contributed by atoms with Crippen molar-refractivity contribution in [2.75, 3.05) is 0 Å². The number of rotatable bonds is 2. The molecule has 1 aromatic heterocycles. The predicted molar refractivity (Wildman–Crippen MR) is 73.3 cm³/mol. The van der Waals surface area contributed by atoms with E-state index in [0.717, 1.165) is 31.4 Å². The molecule has 0 aliphatic heterocycles. The average molecular weight is 279 g/mol. The van der Waals surface area contributed by atoms with Crippen molar-refractivity contribution in [3.05, 3.63) is 57.3 Å². The van der Waals surface area contributed by atoms with E-state index in [4.69, 9.17) is 5.73 Å². The van der Waals surface area contributed by atoms with Gasteiger partial charge in [0.05, 0.1) is 0 Å². The summed E-state index contributed by atoms with van der Waals surface area (Å²) in [6.07, 6.45) is 3.06. The van der Waals surface area contributed by atoms with Crippen molar-refractivity contribution >= 4 is 11.3 Å². The molecular formula is C15H15F2NS. The van der Waals surface area contributed by atoms with Crippen molar-refractivity contribution < 1.29 is 8.78 Å². The summed E-state index contributed by atoms with van der Waals surface area (Å²) in [5.74, 6) is -0.768. The van der Waals surface area contributed by atoms with Gasteiger partial charge >= 0.3 is 0 Å². The molecule has 0 bridgehead atoms. The lowest BCUT2D eigenvalue weighted by molar-refractivity contribution is 0.458. The van der Waals surface area contributed by atoms with E-state index in [1.807, 2.05) is 0 Å². The number of nitrogens with two attached hydrogens (primary N) is 1. The number of thiophene rings is 1. The van der Waals surface area contributed by atoms with Gasteiger partial charge < -0.3 is 5.73 Å². The Morgan fingerprint density at radius 3 is 2.95 bits per heavy atom. The van der Waals surface area contributed by atoms with Gasteiger partial charge in [0, 0.05) is 22.4 Å². The Morgan fingerprint density at radius 2 is 2.11 bits per heavy atom. The van der Waals surface area contributed by atoms with E-state index in [-0.39, 0.29) is 11.5 Å². The van der Waals surface area contributed by atoms with Gasteiger partial charge in [-0.3, -0.25) is 0 Å². The molecule has 2 atom stereocenters. The van der Waals surface area contributed by atoms with Gasteiger partial charge in [-0.05, 0) is 54.5 Å². The fourth-order valence-electron chi connectivity index (χ4n) is 2.88. The maximum atomic E-state index is 13.8. The second-order valence-electron chi connectivity index (χ2n) is 4.99. The van der Waals surface area contributed by atoms with Crippen molar-refractivity contribution in [2.24, 2.45) is 5.73 Å². The number of hydrogen-bond donors (Lipinski definition) is 1. The minimum absolute atomic E-state index is 0.0892. The Bertz CT molecular complexity index is 594. The van der Waals surface area contributed by atoms with E-state index in [1.54, 1.807) is 11.3 Å². The van der Waals surface area contributed by atoms with Crippen LogP contribution >= 0.6 is 11.3 Å². The molecule has 2 aromatic rings. The van der Waals surface area contributed by atoms with Gasteiger partial charge in [0.25, 0.3) is 0 Å². The molecule has 2 N–H and O–H groups in total. The summed E-state index contributed by atoms with van der Waals surface area (Å²) >= 11 is 1.73. The molecule has 0 fully saturated rings. The Hall–Kier alpha value is -1.26. The maximum Gasteiger partial charge on any atom is 0.128 e. The SMILES string of the molecule is NC(c1cc(F)ccc1F)C1CCCc2sccc21. The third-order valence-electron chi connectivity index (χ3n) is 3.85. The first-order valence-electron chi connectivity index (χ1n) is 6.43. The Kier molecular flexibility index (Phi) is 3.37. The Labute approximate surface area is 115 Å². The minimum Gasteiger partial charge on any atom is -0.323 e. The fourth-order valence-corrected chi connectivity index (χ4v) is 3.88. The van der Waals surface area contributed by atoms with Crippen molar-refractivity contribution in [3.8, 4) is 0 Å². The van der Waals surface area contributed by atoms with Crippen LogP contribution in [0.4, 0.5) is 8.78 Å². The van der Waals surface area contributed by atoms with E-state index in [9.17, 15) is 8.78 Å². The molecule has 0 saturated carbocycles. The molecular weight excluding hydrogens is 264 g/mol. The highest BCUT2D eigenvalue weighted by Crippen LogP contribution is 2.41. The highest BCUT2D eigenvalue weighted by atomic mass is 32.1. The molecule has 0 saturated heterocycles. The van der Waals surface area contributed by atoms with Gasteiger partial charge in [0.2, 0.25) is 0 Å². The summed E-state index contributed by atoms with van der Waals surface area (Å²) in [6.45, 7) is 0. The zero-order valence-corrected chi connectivity index (χ0v) is 11.2. The van der Waals surface area contributed by atoms with Crippen molar-refractivity contribution in [1.82, 2.24) is 0 Å². The van der Waals surface area contributed by atoms with Gasteiger partial charge in [-0.2, -0.15) is 0 Å². The molecule has 0 amide bonds. The number of halogens is 2. The summed E-state index contributed by atoms with van der Waals surface area (Å²) in [6, 6.07) is 5.09. The first kappa shape index (κ1) is 12.8. The van der Waals surface area contributed by atoms with Crippen LogP contribution in [-0.2, 0) is 6.42 Å². The summed E-state index contributed by atoms with van der Waals surface area (Å²) in [5.41, 5.74) is 7.71. The molecule has 100 valence electrons. The molecule has 3 rings (SSSR count). The van der Waals surface area contributed by atoms with Gasteiger partial charge in [0.15, 0.2) is 0 Å². The van der Waals surface area contributed by atoms with Crippen LogP contribution in [0.25, 0.3) is 0 Å². The van der Waals surface area contributed by atoms with Crippen LogP contribution in [0, 0.1) is 11.6 Å². The molecule has 0 radical (unpaired) electrons. The lowest BCUT2D eigenvalue weighted by Gasteiger charge is -2.28. The molecule has 19 heavy (non-hydrogen) atoms. The predicted octanol–water partition coefficient (Wildman–Crippen LogP) is 4.15. The Morgan fingerprint density at radius 1 is 1.26 bits per heavy atom. The first-order chi connectivity index (χ1) is 9.16. The van der Waals surface area contributed by atoms with E-state index >= 15 is 0 Å². The van der Waals surface area contributed by atoms with Crippen LogP contribution < -0.4 is 5.73 Å². The minimum atomic E-state index is -0.482. The number of hydrogen-bond acceptors (Lipinski definition) is 2. The lowest BCUT2D eigenvalue weighted by Crippen LogP contribution is -2.23. The maximum absolute atomic E-state index is 13.8. The molecule has 2 unspecified atom stereocenters. The Balaban J connectivity index is 1.97. The third-order valence-corrected chi connectivity index (χ3v) is 4.85. The quantitative estimate of drug-likeness (QED) is 0.878. The van der Waals surface area contributed by atoms with Crippen LogP contribution in [-0.4, -0.2) is 0 Å². The van der Waals surface area contributed by atoms with Crippen molar-refractivity contribution in [3.63, 3.8) is 0 Å². The van der Waals surface area contributed by atoms with Crippen molar-refractivity contribution in [2.45, 2.75) is 31.2 Å². The number of aryl methyl sites for hydroxylation is 1. The van der Waals surface area contributed by atoms with Crippen LogP contribution in [0.1, 0.15) is 40.8 Å². The smallest absolute Gasteiger partial charge is 0.128 e. The topological polar surface area (TPSA) is 26.0 Å². The van der Waals surface area contributed by atoms with Crippen LogP contribution in [0.15, 0.2) is 29.6 Å². The monoisotopic (exact) mass is 279 g/mol. The van der Waals surface area contributed by atoms with Crippen LogP contribution in [0.5, 0.6) is 0 Å². The van der Waals surface area contributed by atoms with Gasteiger partial charge in [-0.15, -0.1) is 11.3 Å². The normalized spacial score (nSPS) is 20.1. The largest absolute Gasteiger partial charge is 0.323 e. The third kappa shape index (κ3) is 2.30. The van der Waals surface area contributed by atoms with Crippen molar-refractivity contribution in [1.29, 1.82) is 0 Å². The highest BCUT2D eigenvalue weighted by Gasteiger charge is 2.29. The van der Waals surface area contributed by atoms with Gasteiger partial charge in [0.1, 0.15) is 11.6 Å². The van der Waals surface area contributed by atoms with E-state index in [2.05, 4.69) is 11.4 Å². The lowest BCUT2D eigenvalue weighted by atomic mass is 9.80. The van der Waals surface area contributed by atoms with Gasteiger partial charge in [-0.1, -0.05) is 0 Å². The van der Waals surface area contributed by atoms with Crippen LogP contribution in [0.2, 0.25) is 0 Å². The first-order valence-corrected chi connectivity index (χ1v) is 7.31. The molecule has 1 aromatic carbocycles. The van der Waals surface area contributed by atoms with E-state index in [1.165, 1.54) is 16.5 Å². The molecule has 1 heterocycles. The van der Waals surface area contributed by atoms with Crippen LogP contribution in [0.3, 0.4) is 0 Å². The summed E-state index contributed by atoms with van der Waals surface area (Å²) < 4.78 is 27.1. The highest BCUT2D eigenvalue weighted by molar-refractivity contribution is 7.10. The molecule has 1 aliphatic carbocycles. The number of benzene rings is 1. The zero-order chi connectivity index (χ0) is 13.4. The van der Waals surface area contributed by atoms with Gasteiger partial charge in [-0.25, -0.2) is 8.78 Å². The zero-order valence-electron chi connectivity index (χ0n) is 10.4. The average Bonchev–Trinajstić information content (AvgIpc) is 2.89. The van der Waals surface area contributed by atoms with E-state index < -0.39 is 17.7 Å². The van der Waals surface area contributed by atoms with E-state index in [0.29, 0.717) is 0 Å². The molecule has 0 spiro atoms. The molecule has 1 nitrogen and oxygen atoms in total. The fraction of sp³-hybridized carbons (Fsp3) is 0.333. The molecule has 4 heteroatoms.